The minimum atomic E-state index is -4.89. The molecule has 4 rings (SSSR count). The highest BCUT2D eigenvalue weighted by Crippen LogP contribution is 2.40. The van der Waals surface area contributed by atoms with Gasteiger partial charge in [-0.3, -0.25) is 0 Å². The van der Waals surface area contributed by atoms with Crippen LogP contribution in [-0.2, 0) is 18.8 Å². The zero-order valence-corrected chi connectivity index (χ0v) is 18.5. The molecule has 0 saturated carbocycles. The molecule has 1 saturated heterocycles. The molecular weight excluding hydrogens is 442 g/mol. The molecule has 0 amide bonds. The SMILES string of the molecule is CC1(C)CCCN(CCc2c(-c3cc(C(F)(F)F)cc(C(F)(F)F)c3)[nH]c3ccccc23)C1. The van der Waals surface area contributed by atoms with Crippen LogP contribution >= 0.6 is 0 Å². The van der Waals surface area contributed by atoms with Gasteiger partial charge in [-0.1, -0.05) is 32.0 Å². The van der Waals surface area contributed by atoms with E-state index in [0.29, 0.717) is 24.2 Å². The number of likely N-dealkylation sites (tertiary alicyclic amines) is 1. The van der Waals surface area contributed by atoms with Crippen molar-refractivity contribution in [2.45, 2.75) is 45.5 Å². The van der Waals surface area contributed by atoms with Crippen molar-refractivity contribution in [1.29, 1.82) is 0 Å². The molecule has 2 nitrogen and oxygen atoms in total. The minimum Gasteiger partial charge on any atom is -0.354 e. The number of aromatic amines is 1. The maximum atomic E-state index is 13.4. The van der Waals surface area contributed by atoms with Crippen LogP contribution in [-0.4, -0.2) is 29.5 Å². The lowest BCUT2D eigenvalue weighted by Gasteiger charge is -2.38. The summed E-state index contributed by atoms with van der Waals surface area (Å²) in [5.74, 6) is 0. The van der Waals surface area contributed by atoms with Gasteiger partial charge in [0.25, 0.3) is 0 Å². The summed E-state index contributed by atoms with van der Waals surface area (Å²) in [6.07, 6.45) is -7.06. The first-order valence-corrected chi connectivity index (χ1v) is 11.0. The number of hydrogen-bond acceptors (Lipinski definition) is 1. The molecule has 0 atom stereocenters. The van der Waals surface area contributed by atoms with Crippen molar-refractivity contribution in [2.24, 2.45) is 5.41 Å². The van der Waals surface area contributed by atoms with Crippen LogP contribution in [0.2, 0.25) is 0 Å². The molecule has 3 aromatic rings. The molecule has 0 spiro atoms. The van der Waals surface area contributed by atoms with Gasteiger partial charge in [0, 0.05) is 29.7 Å². The van der Waals surface area contributed by atoms with E-state index in [9.17, 15) is 26.3 Å². The van der Waals surface area contributed by atoms with Gasteiger partial charge < -0.3 is 9.88 Å². The topological polar surface area (TPSA) is 19.0 Å². The smallest absolute Gasteiger partial charge is 0.354 e. The van der Waals surface area contributed by atoms with Gasteiger partial charge in [-0.05, 0) is 66.6 Å². The lowest BCUT2D eigenvalue weighted by molar-refractivity contribution is -0.143. The lowest BCUT2D eigenvalue weighted by atomic mass is 9.84. The van der Waals surface area contributed by atoms with E-state index in [1.54, 1.807) is 12.1 Å². The molecule has 8 heteroatoms. The molecule has 2 aromatic carbocycles. The summed E-state index contributed by atoms with van der Waals surface area (Å²) in [5, 5.41) is 0.815. The number of aromatic nitrogens is 1. The number of piperidine rings is 1. The second-order valence-corrected chi connectivity index (χ2v) is 9.61. The Morgan fingerprint density at radius 2 is 1.58 bits per heavy atom. The Hall–Kier alpha value is -2.48. The number of para-hydroxylation sites is 1. The van der Waals surface area contributed by atoms with Gasteiger partial charge >= 0.3 is 12.4 Å². The normalized spacial score (nSPS) is 17.6. The average Bonchev–Trinajstić information content (AvgIpc) is 3.08. The van der Waals surface area contributed by atoms with Crippen LogP contribution in [0.15, 0.2) is 42.5 Å². The van der Waals surface area contributed by atoms with Crippen LogP contribution < -0.4 is 0 Å². The molecule has 33 heavy (non-hydrogen) atoms. The van der Waals surface area contributed by atoms with Crippen LogP contribution in [0.25, 0.3) is 22.2 Å². The number of rotatable bonds is 4. The number of hydrogen-bond donors (Lipinski definition) is 1. The van der Waals surface area contributed by atoms with E-state index in [2.05, 4.69) is 23.7 Å². The standard InChI is InChI=1S/C25H26F6N2/c1-23(2)9-5-10-33(15-23)11-8-20-19-6-3-4-7-21(19)32-22(20)16-12-17(24(26,27)28)14-18(13-16)25(29,30)31/h3-4,6-7,12-14,32H,5,8-11,15H2,1-2H3. The van der Waals surface area contributed by atoms with Gasteiger partial charge in [0.05, 0.1) is 11.1 Å². The van der Waals surface area contributed by atoms with E-state index < -0.39 is 23.5 Å². The number of nitrogens with zero attached hydrogens (tertiary/aromatic N) is 1. The highest BCUT2D eigenvalue weighted by atomic mass is 19.4. The zero-order chi connectivity index (χ0) is 24.0. The van der Waals surface area contributed by atoms with Gasteiger partial charge in [-0.2, -0.15) is 26.3 Å². The summed E-state index contributed by atoms with van der Waals surface area (Å²) in [6.45, 7) is 6.94. The van der Waals surface area contributed by atoms with Gasteiger partial charge in [-0.15, -0.1) is 0 Å². The Balaban J connectivity index is 1.78. The number of halogens is 6. The van der Waals surface area contributed by atoms with Crippen molar-refractivity contribution in [3.05, 3.63) is 59.2 Å². The van der Waals surface area contributed by atoms with Crippen molar-refractivity contribution in [2.75, 3.05) is 19.6 Å². The molecule has 0 bridgehead atoms. The van der Waals surface area contributed by atoms with Crippen molar-refractivity contribution in [1.82, 2.24) is 9.88 Å². The molecule has 2 heterocycles. The third kappa shape index (κ3) is 5.21. The third-order valence-corrected chi connectivity index (χ3v) is 6.35. The molecule has 1 fully saturated rings. The molecule has 0 aliphatic carbocycles. The summed E-state index contributed by atoms with van der Waals surface area (Å²) in [6, 6.07) is 9.00. The first kappa shape index (κ1) is 23.7. The monoisotopic (exact) mass is 468 g/mol. The number of fused-ring (bicyclic) bond motifs is 1. The minimum absolute atomic E-state index is 0.109. The van der Waals surface area contributed by atoms with Gasteiger partial charge in [0.1, 0.15) is 0 Å². The Morgan fingerprint density at radius 3 is 2.18 bits per heavy atom. The molecule has 1 aliphatic heterocycles. The van der Waals surface area contributed by atoms with Crippen molar-refractivity contribution in [3.8, 4) is 11.3 Å². The van der Waals surface area contributed by atoms with E-state index in [4.69, 9.17) is 0 Å². The van der Waals surface area contributed by atoms with E-state index in [0.717, 1.165) is 49.0 Å². The Bertz CT molecular complexity index is 1110. The highest BCUT2D eigenvalue weighted by molar-refractivity contribution is 5.91. The average molecular weight is 468 g/mol. The molecule has 0 radical (unpaired) electrons. The second-order valence-electron chi connectivity index (χ2n) is 9.61. The van der Waals surface area contributed by atoms with Crippen LogP contribution in [0.5, 0.6) is 0 Å². The molecule has 0 unspecified atom stereocenters. The Labute approximate surface area is 188 Å². The maximum Gasteiger partial charge on any atom is 0.416 e. The fourth-order valence-electron chi connectivity index (χ4n) is 4.81. The molecule has 178 valence electrons. The predicted molar refractivity (Wildman–Crippen MR) is 117 cm³/mol. The fraction of sp³-hybridized carbons (Fsp3) is 0.440. The third-order valence-electron chi connectivity index (χ3n) is 6.35. The van der Waals surface area contributed by atoms with Crippen LogP contribution in [0.4, 0.5) is 26.3 Å². The molecule has 1 aromatic heterocycles. The largest absolute Gasteiger partial charge is 0.416 e. The molecule has 1 N–H and O–H groups in total. The quantitative estimate of drug-likeness (QED) is 0.392. The lowest BCUT2D eigenvalue weighted by Crippen LogP contribution is -2.40. The first-order valence-electron chi connectivity index (χ1n) is 11.0. The number of alkyl halides is 6. The summed E-state index contributed by atoms with van der Waals surface area (Å²) in [7, 11) is 0. The van der Waals surface area contributed by atoms with E-state index in [1.165, 1.54) is 0 Å². The zero-order valence-electron chi connectivity index (χ0n) is 18.5. The number of H-pyrrole nitrogens is 1. The van der Waals surface area contributed by atoms with E-state index >= 15 is 0 Å². The summed E-state index contributed by atoms with van der Waals surface area (Å²) < 4.78 is 80.6. The van der Waals surface area contributed by atoms with Crippen LogP contribution in [0, 0.1) is 5.41 Å². The maximum absolute atomic E-state index is 13.4. The van der Waals surface area contributed by atoms with Gasteiger partial charge in [0.2, 0.25) is 0 Å². The summed E-state index contributed by atoms with van der Waals surface area (Å²) in [5.41, 5.74) is -0.811. The summed E-state index contributed by atoms with van der Waals surface area (Å²) in [4.78, 5) is 5.41. The Kier molecular flexibility index (Phi) is 6.01. The van der Waals surface area contributed by atoms with Crippen LogP contribution in [0.3, 0.4) is 0 Å². The van der Waals surface area contributed by atoms with Crippen molar-refractivity contribution >= 4 is 10.9 Å². The predicted octanol–water partition coefficient (Wildman–Crippen LogP) is 7.54. The molecule has 1 aliphatic rings. The van der Waals surface area contributed by atoms with Crippen LogP contribution in [0.1, 0.15) is 43.4 Å². The van der Waals surface area contributed by atoms with Gasteiger partial charge in [0.15, 0.2) is 0 Å². The fourth-order valence-corrected chi connectivity index (χ4v) is 4.81. The molecular formula is C25H26F6N2. The van der Waals surface area contributed by atoms with Crippen molar-refractivity contribution < 1.29 is 26.3 Å². The van der Waals surface area contributed by atoms with E-state index in [1.807, 2.05) is 12.1 Å². The van der Waals surface area contributed by atoms with Crippen molar-refractivity contribution in [3.63, 3.8) is 0 Å². The summed E-state index contributed by atoms with van der Waals surface area (Å²) >= 11 is 0. The first-order chi connectivity index (χ1) is 15.3. The number of nitrogens with one attached hydrogen (secondary N) is 1. The number of benzene rings is 2. The van der Waals surface area contributed by atoms with Gasteiger partial charge in [-0.25, -0.2) is 0 Å². The van der Waals surface area contributed by atoms with E-state index in [-0.39, 0.29) is 17.0 Å². The second kappa shape index (κ2) is 8.38. The Morgan fingerprint density at radius 1 is 0.939 bits per heavy atom. The highest BCUT2D eigenvalue weighted by Gasteiger charge is 2.37.